The topological polar surface area (TPSA) is 0 Å². The van der Waals surface area contributed by atoms with Crippen LogP contribution in [0.1, 0.15) is 107 Å². The smallest absolute Gasteiger partial charge is 0.0360 e. The summed E-state index contributed by atoms with van der Waals surface area (Å²) in [6.45, 7) is 19.2. The molecule has 2 unspecified atom stereocenters. The Morgan fingerprint density at radius 1 is 0.375 bits per heavy atom. The molecule has 0 aromatic heterocycles. The molecule has 0 aromatic carbocycles. The third-order valence-electron chi connectivity index (χ3n) is 7.17. The molecule has 0 N–H and O–H groups in total. The van der Waals surface area contributed by atoms with Crippen LogP contribution in [0.5, 0.6) is 0 Å². The molecule has 0 heteroatoms. The second-order valence-corrected chi connectivity index (χ2v) is 10.2. The van der Waals surface area contributed by atoms with Gasteiger partial charge in [0.25, 0.3) is 0 Å². The summed E-state index contributed by atoms with van der Waals surface area (Å²) in [7, 11) is 0. The Morgan fingerprint density at radius 2 is 0.542 bits per heavy atom. The van der Waals surface area contributed by atoms with Crippen molar-refractivity contribution in [1.82, 2.24) is 0 Å². The molecule has 0 heterocycles. The van der Waals surface area contributed by atoms with E-state index in [-0.39, 0.29) is 0 Å². The van der Waals surface area contributed by atoms with Crippen LogP contribution in [0.25, 0.3) is 0 Å². The highest BCUT2D eigenvalue weighted by Crippen LogP contribution is 2.39. The molecule has 2 saturated carbocycles. The summed E-state index contributed by atoms with van der Waals surface area (Å²) in [6.07, 6.45) is 11.9. The maximum Gasteiger partial charge on any atom is -0.0360 e. The maximum absolute atomic E-state index is 2.39. The third kappa shape index (κ3) is 6.72. The highest BCUT2D eigenvalue weighted by Gasteiger charge is 2.30. The van der Waals surface area contributed by atoms with Crippen molar-refractivity contribution in [1.29, 1.82) is 0 Å². The Labute approximate surface area is 154 Å². The van der Waals surface area contributed by atoms with Crippen molar-refractivity contribution in [3.05, 3.63) is 0 Å². The van der Waals surface area contributed by atoms with Gasteiger partial charge in [-0.3, -0.25) is 0 Å². The largest absolute Gasteiger partial charge is 0.0625 e. The molecule has 0 bridgehead atoms. The summed E-state index contributed by atoms with van der Waals surface area (Å²) in [6, 6.07) is 0. The van der Waals surface area contributed by atoms with Gasteiger partial charge in [-0.05, 0) is 73.0 Å². The van der Waals surface area contributed by atoms with Crippen molar-refractivity contribution < 1.29 is 0 Å². The number of hydrogen-bond acceptors (Lipinski definition) is 0. The Bertz CT molecular complexity index is 248. The fourth-order valence-electron chi connectivity index (χ4n) is 5.69. The van der Waals surface area contributed by atoms with Crippen LogP contribution in [-0.4, -0.2) is 0 Å². The molecule has 2 aliphatic rings. The molecule has 0 amide bonds. The zero-order valence-electron chi connectivity index (χ0n) is 18.3. The molecule has 24 heavy (non-hydrogen) atoms. The highest BCUT2D eigenvalue weighted by molar-refractivity contribution is 4.80. The van der Waals surface area contributed by atoms with Gasteiger partial charge < -0.3 is 0 Å². The molecule has 2 aliphatic carbocycles. The monoisotopic (exact) mass is 336 g/mol. The minimum Gasteiger partial charge on any atom is -0.0625 e. The predicted molar refractivity (Wildman–Crippen MR) is 110 cm³/mol. The first-order chi connectivity index (χ1) is 11.3. The molecule has 0 spiro atoms. The fourth-order valence-corrected chi connectivity index (χ4v) is 5.69. The predicted octanol–water partition coefficient (Wildman–Crippen LogP) is 8.21. The molecule has 0 aromatic rings. The van der Waals surface area contributed by atoms with Crippen LogP contribution in [0.4, 0.5) is 0 Å². The average molecular weight is 337 g/mol. The number of rotatable bonds is 4. The van der Waals surface area contributed by atoms with E-state index in [1.807, 2.05) is 0 Å². The van der Waals surface area contributed by atoms with Crippen molar-refractivity contribution in [2.24, 2.45) is 47.3 Å². The summed E-state index contributed by atoms with van der Waals surface area (Å²) < 4.78 is 0. The first-order valence-electron chi connectivity index (χ1n) is 11.3. The molecule has 4 atom stereocenters. The van der Waals surface area contributed by atoms with Crippen molar-refractivity contribution in [3.63, 3.8) is 0 Å². The van der Waals surface area contributed by atoms with Gasteiger partial charge in [0.1, 0.15) is 0 Å². The minimum absolute atomic E-state index is 0.901. The average Bonchev–Trinajstić information content (AvgIpc) is 2.55. The molecular formula is C24H48. The number of hydrogen-bond donors (Lipinski definition) is 0. The van der Waals surface area contributed by atoms with Crippen LogP contribution < -0.4 is 0 Å². The van der Waals surface area contributed by atoms with Crippen LogP contribution in [-0.2, 0) is 0 Å². The third-order valence-corrected chi connectivity index (χ3v) is 7.17. The maximum atomic E-state index is 2.39. The first-order valence-corrected chi connectivity index (χ1v) is 11.3. The van der Waals surface area contributed by atoms with E-state index in [9.17, 15) is 0 Å². The molecule has 2 rings (SSSR count). The summed E-state index contributed by atoms with van der Waals surface area (Å²) in [4.78, 5) is 0. The molecule has 0 saturated heterocycles. The van der Waals surface area contributed by atoms with Crippen molar-refractivity contribution in [2.75, 3.05) is 0 Å². The van der Waals surface area contributed by atoms with Gasteiger partial charge in [0, 0.05) is 0 Å². The minimum atomic E-state index is 0.901. The van der Waals surface area contributed by atoms with E-state index in [2.05, 4.69) is 55.4 Å². The SMILES string of the molecule is CC(C)C1CCCCC1C(C)C.CC(C)[C@H]1CCCC[C@H]1C(C)C. The lowest BCUT2D eigenvalue weighted by molar-refractivity contribution is 0.136. The quantitative estimate of drug-likeness (QED) is 0.485. The summed E-state index contributed by atoms with van der Waals surface area (Å²) in [5.41, 5.74) is 0. The lowest BCUT2D eigenvalue weighted by atomic mass is 9.69. The van der Waals surface area contributed by atoms with E-state index in [0.717, 1.165) is 47.3 Å². The molecule has 0 nitrogen and oxygen atoms in total. The molecule has 0 radical (unpaired) electrons. The lowest BCUT2D eigenvalue weighted by Crippen LogP contribution is -2.27. The van der Waals surface area contributed by atoms with Gasteiger partial charge >= 0.3 is 0 Å². The van der Waals surface area contributed by atoms with Gasteiger partial charge in [0.05, 0.1) is 0 Å². The fraction of sp³-hybridized carbons (Fsp3) is 1.00. The molecule has 144 valence electrons. The normalized spacial score (nSPS) is 31.5. The van der Waals surface area contributed by atoms with E-state index in [1.165, 1.54) is 51.4 Å². The Kier molecular flexibility index (Phi) is 9.98. The first kappa shape index (κ1) is 22.0. The van der Waals surface area contributed by atoms with Crippen LogP contribution >= 0.6 is 0 Å². The van der Waals surface area contributed by atoms with Gasteiger partial charge in [-0.15, -0.1) is 0 Å². The van der Waals surface area contributed by atoms with Gasteiger partial charge in [-0.2, -0.15) is 0 Å². The van der Waals surface area contributed by atoms with E-state index in [1.54, 1.807) is 0 Å². The summed E-state index contributed by atoms with van der Waals surface area (Å²) in [5, 5.41) is 0. The lowest BCUT2D eigenvalue weighted by Gasteiger charge is -2.37. The van der Waals surface area contributed by atoms with Gasteiger partial charge in [0.2, 0.25) is 0 Å². The standard InChI is InChI=1S/2C12H24/c2*1-9(2)11-7-5-6-8-12(11)10(3)4/h2*9-12H,5-8H2,1-4H3/t11-,12+;. The van der Waals surface area contributed by atoms with Crippen LogP contribution in [0, 0.1) is 47.3 Å². The van der Waals surface area contributed by atoms with Crippen LogP contribution in [0.15, 0.2) is 0 Å². The van der Waals surface area contributed by atoms with E-state index < -0.39 is 0 Å². The Morgan fingerprint density at radius 3 is 0.667 bits per heavy atom. The second-order valence-electron chi connectivity index (χ2n) is 10.2. The van der Waals surface area contributed by atoms with Crippen molar-refractivity contribution in [3.8, 4) is 0 Å². The highest BCUT2D eigenvalue weighted by atomic mass is 14.4. The summed E-state index contributed by atoms with van der Waals surface area (Å²) >= 11 is 0. The Balaban J connectivity index is 0.000000240. The van der Waals surface area contributed by atoms with Crippen LogP contribution in [0.3, 0.4) is 0 Å². The van der Waals surface area contributed by atoms with E-state index in [4.69, 9.17) is 0 Å². The van der Waals surface area contributed by atoms with E-state index >= 15 is 0 Å². The molecule has 2 fully saturated rings. The molecule has 0 aliphatic heterocycles. The van der Waals surface area contributed by atoms with Gasteiger partial charge in [-0.25, -0.2) is 0 Å². The summed E-state index contributed by atoms with van der Waals surface area (Å²) in [5.74, 6) is 7.65. The van der Waals surface area contributed by atoms with Crippen molar-refractivity contribution in [2.45, 2.75) is 107 Å². The van der Waals surface area contributed by atoms with Crippen LogP contribution in [0.2, 0.25) is 0 Å². The second kappa shape index (κ2) is 10.9. The zero-order valence-corrected chi connectivity index (χ0v) is 18.3. The zero-order chi connectivity index (χ0) is 18.3. The molecular weight excluding hydrogens is 288 g/mol. The van der Waals surface area contributed by atoms with Gasteiger partial charge in [0.15, 0.2) is 0 Å². The Hall–Kier alpha value is 0. The van der Waals surface area contributed by atoms with Crippen molar-refractivity contribution >= 4 is 0 Å². The van der Waals surface area contributed by atoms with E-state index in [0.29, 0.717) is 0 Å². The van der Waals surface area contributed by atoms with Gasteiger partial charge in [-0.1, -0.05) is 81.1 Å².